The fourth-order valence-corrected chi connectivity index (χ4v) is 8.93. The highest BCUT2D eigenvalue weighted by Crippen LogP contribution is 2.66. The molecule has 2 bridgehead atoms. The van der Waals surface area contributed by atoms with Crippen LogP contribution in [0.2, 0.25) is 0 Å². The Morgan fingerprint density at radius 2 is 1.82 bits per heavy atom. The Labute approximate surface area is 237 Å². The van der Waals surface area contributed by atoms with Crippen molar-refractivity contribution in [3.05, 3.63) is 61.2 Å². The number of fused-ring (bicyclic) bond motifs is 1. The predicted octanol–water partition coefficient (Wildman–Crippen LogP) is 3.88. The molecule has 3 aliphatic heterocycles. The zero-order valence-electron chi connectivity index (χ0n) is 23.6. The van der Waals surface area contributed by atoms with E-state index in [2.05, 4.69) is 13.2 Å². The van der Waals surface area contributed by atoms with Crippen molar-refractivity contribution < 1.29 is 19.5 Å². The maximum absolute atomic E-state index is 14.4. The lowest BCUT2D eigenvalue weighted by Gasteiger charge is -2.42. The molecule has 0 saturated carbocycles. The number of carbonyl (C=O) groups is 3. The van der Waals surface area contributed by atoms with Gasteiger partial charge in [-0.1, -0.05) is 42.5 Å². The first-order chi connectivity index (χ1) is 18.6. The van der Waals surface area contributed by atoms with E-state index in [9.17, 15) is 19.5 Å². The molecule has 5 atom stereocenters. The summed E-state index contributed by atoms with van der Waals surface area (Å²) in [5.41, 5.74) is 0.576. The summed E-state index contributed by atoms with van der Waals surface area (Å²) in [6, 6.07) is 9.23. The number of carbonyl (C=O) groups excluding carboxylic acids is 3. The van der Waals surface area contributed by atoms with Gasteiger partial charge in [0.15, 0.2) is 0 Å². The van der Waals surface area contributed by atoms with Crippen LogP contribution in [0.4, 0.5) is 0 Å². The third kappa shape index (κ3) is 5.42. The number of benzene rings is 1. The lowest BCUT2D eigenvalue weighted by Crippen LogP contribution is -2.58. The van der Waals surface area contributed by atoms with Crippen molar-refractivity contribution in [3.8, 4) is 0 Å². The van der Waals surface area contributed by atoms with Crippen molar-refractivity contribution in [2.75, 3.05) is 26.2 Å². The number of amides is 3. The van der Waals surface area contributed by atoms with Gasteiger partial charge in [-0.15, -0.1) is 24.9 Å². The molecule has 3 saturated heterocycles. The SMILES string of the molecule is C=CCN(Cc1ccccc1)C(=O)[C@@H]1[C@@H]2CCC3(S2)C(C(=O)N(CC=C)C(C)(C)C)N(CCCCO)C(=O)[C@H]13. The summed E-state index contributed by atoms with van der Waals surface area (Å²) >= 11 is 1.70. The first-order valence-electron chi connectivity index (χ1n) is 14.1. The van der Waals surface area contributed by atoms with E-state index in [1.54, 1.807) is 33.7 Å². The van der Waals surface area contributed by atoms with Crippen LogP contribution in [0, 0.1) is 11.8 Å². The maximum Gasteiger partial charge on any atom is 0.247 e. The second-order valence-corrected chi connectivity index (χ2v) is 13.5. The van der Waals surface area contributed by atoms with Crippen molar-refractivity contribution >= 4 is 29.5 Å². The number of hydrogen-bond acceptors (Lipinski definition) is 5. The minimum absolute atomic E-state index is 0.00641. The van der Waals surface area contributed by atoms with Crippen molar-refractivity contribution in [2.24, 2.45) is 11.8 Å². The van der Waals surface area contributed by atoms with Gasteiger partial charge in [0, 0.05) is 43.6 Å². The van der Waals surface area contributed by atoms with Crippen LogP contribution in [0.25, 0.3) is 0 Å². The predicted molar refractivity (Wildman–Crippen MR) is 156 cm³/mol. The van der Waals surface area contributed by atoms with Crippen LogP contribution in [-0.4, -0.2) is 85.3 Å². The third-order valence-electron chi connectivity index (χ3n) is 8.39. The number of rotatable bonds is 12. The molecule has 4 rings (SSSR count). The van der Waals surface area contributed by atoms with Gasteiger partial charge in [-0.05, 0) is 52.0 Å². The highest BCUT2D eigenvalue weighted by Gasteiger charge is 2.74. The molecule has 1 aromatic rings. The second-order valence-electron chi connectivity index (χ2n) is 11.9. The summed E-state index contributed by atoms with van der Waals surface area (Å²) in [7, 11) is 0. The molecule has 7 nitrogen and oxygen atoms in total. The number of likely N-dealkylation sites (tertiary alicyclic amines) is 1. The standard InChI is InChI=1S/C31H43N3O4S/c1-6-17-32(21-22-13-9-8-10-14-22)27(36)24-23-15-16-31(39-23)25(24)28(37)33(19-11-12-20-35)26(31)29(38)34(18-7-2)30(3,4)5/h6-10,13-14,23-26,35H,1-2,11-12,15-21H2,3-5H3/t23-,24+,25-,26?,31?/m0/s1. The summed E-state index contributed by atoms with van der Waals surface area (Å²) in [4.78, 5) is 48.2. The molecule has 1 N–H and O–H groups in total. The molecule has 0 aliphatic carbocycles. The molecule has 212 valence electrons. The van der Waals surface area contributed by atoms with E-state index in [4.69, 9.17) is 0 Å². The lowest BCUT2D eigenvalue weighted by atomic mass is 9.70. The van der Waals surface area contributed by atoms with Crippen LogP contribution < -0.4 is 0 Å². The molecule has 3 aliphatic rings. The molecule has 1 spiro atoms. The molecular formula is C31H43N3O4S. The minimum Gasteiger partial charge on any atom is -0.396 e. The van der Waals surface area contributed by atoms with Gasteiger partial charge >= 0.3 is 0 Å². The van der Waals surface area contributed by atoms with Crippen LogP contribution in [0.3, 0.4) is 0 Å². The molecule has 3 fully saturated rings. The van der Waals surface area contributed by atoms with Crippen LogP contribution in [-0.2, 0) is 20.9 Å². The molecule has 3 amide bonds. The van der Waals surface area contributed by atoms with Crippen LogP contribution in [0.5, 0.6) is 0 Å². The minimum atomic E-state index is -0.636. The summed E-state index contributed by atoms with van der Waals surface area (Å²) < 4.78 is -0.629. The highest BCUT2D eigenvalue weighted by atomic mass is 32.2. The first-order valence-corrected chi connectivity index (χ1v) is 14.9. The quantitative estimate of drug-likeness (QED) is 0.314. The smallest absolute Gasteiger partial charge is 0.247 e. The average Bonchev–Trinajstić information content (AvgIpc) is 3.54. The van der Waals surface area contributed by atoms with Gasteiger partial charge in [0.1, 0.15) is 6.04 Å². The van der Waals surface area contributed by atoms with Crippen molar-refractivity contribution in [2.45, 2.75) is 74.6 Å². The van der Waals surface area contributed by atoms with E-state index < -0.39 is 28.2 Å². The fraction of sp³-hybridized carbons (Fsp3) is 0.581. The van der Waals surface area contributed by atoms with E-state index in [-0.39, 0.29) is 29.6 Å². The van der Waals surface area contributed by atoms with Gasteiger partial charge in [-0.3, -0.25) is 14.4 Å². The van der Waals surface area contributed by atoms with Crippen LogP contribution >= 0.6 is 11.8 Å². The Morgan fingerprint density at radius 1 is 1.13 bits per heavy atom. The Bertz CT molecular complexity index is 1090. The van der Waals surface area contributed by atoms with Crippen molar-refractivity contribution in [1.82, 2.24) is 14.7 Å². The zero-order valence-corrected chi connectivity index (χ0v) is 24.4. The molecule has 39 heavy (non-hydrogen) atoms. The Kier molecular flexibility index (Phi) is 8.96. The van der Waals surface area contributed by atoms with Crippen LogP contribution in [0.15, 0.2) is 55.6 Å². The number of thioether (sulfide) groups is 1. The van der Waals surface area contributed by atoms with Crippen LogP contribution in [0.1, 0.15) is 52.0 Å². The number of aliphatic hydroxyl groups is 1. The van der Waals surface area contributed by atoms with E-state index in [0.29, 0.717) is 39.0 Å². The van der Waals surface area contributed by atoms with E-state index in [1.807, 2.05) is 56.0 Å². The highest BCUT2D eigenvalue weighted by molar-refractivity contribution is 8.02. The Hall–Kier alpha value is -2.58. The van der Waals surface area contributed by atoms with E-state index in [0.717, 1.165) is 18.4 Å². The van der Waals surface area contributed by atoms with Gasteiger partial charge in [0.2, 0.25) is 17.7 Å². The molecule has 8 heteroatoms. The second kappa shape index (κ2) is 11.9. The maximum atomic E-state index is 14.4. The van der Waals surface area contributed by atoms with Gasteiger partial charge < -0.3 is 19.8 Å². The molecular weight excluding hydrogens is 510 g/mol. The summed E-state index contributed by atoms with van der Waals surface area (Å²) in [5, 5.41) is 9.41. The number of aliphatic hydroxyl groups excluding tert-OH is 1. The molecule has 0 aromatic heterocycles. The van der Waals surface area contributed by atoms with Crippen molar-refractivity contribution in [3.63, 3.8) is 0 Å². The van der Waals surface area contributed by atoms with Gasteiger partial charge in [0.05, 0.1) is 16.6 Å². The summed E-state index contributed by atoms with van der Waals surface area (Å²) in [6.45, 7) is 15.4. The third-order valence-corrected chi connectivity index (χ3v) is 10.3. The number of nitrogens with zero attached hydrogens (tertiary/aromatic N) is 3. The average molecular weight is 554 g/mol. The molecule has 2 unspecified atom stereocenters. The number of unbranched alkanes of at least 4 members (excludes halogenated alkanes) is 1. The van der Waals surface area contributed by atoms with E-state index >= 15 is 0 Å². The molecule has 0 radical (unpaired) electrons. The Morgan fingerprint density at radius 3 is 2.44 bits per heavy atom. The fourth-order valence-electron chi connectivity index (χ4n) is 6.72. The summed E-state index contributed by atoms with van der Waals surface area (Å²) in [5.74, 6) is -1.20. The number of hydrogen-bond donors (Lipinski definition) is 1. The normalized spacial score (nSPS) is 27.4. The largest absolute Gasteiger partial charge is 0.396 e. The Balaban J connectivity index is 1.71. The molecule has 1 aromatic carbocycles. The summed E-state index contributed by atoms with van der Waals surface area (Å²) in [6.07, 6.45) is 6.17. The van der Waals surface area contributed by atoms with E-state index in [1.165, 1.54) is 0 Å². The van der Waals surface area contributed by atoms with Gasteiger partial charge in [-0.25, -0.2) is 0 Å². The monoisotopic (exact) mass is 553 g/mol. The first kappa shape index (κ1) is 29.4. The lowest BCUT2D eigenvalue weighted by molar-refractivity contribution is -0.146. The zero-order chi connectivity index (χ0) is 28.4. The van der Waals surface area contributed by atoms with Gasteiger partial charge in [0.25, 0.3) is 0 Å². The van der Waals surface area contributed by atoms with Crippen molar-refractivity contribution in [1.29, 1.82) is 0 Å². The molecule has 3 heterocycles. The topological polar surface area (TPSA) is 81.2 Å². The van der Waals surface area contributed by atoms with Gasteiger partial charge in [-0.2, -0.15) is 0 Å².